The molecular formula is C27H24N6O3. The van der Waals surface area contributed by atoms with Crippen LogP contribution < -0.4 is 20.5 Å². The maximum Gasteiger partial charge on any atom is 0.267 e. The molecule has 0 aliphatic heterocycles. The Bertz CT molecular complexity index is 1530. The molecule has 0 saturated carbocycles. The zero-order valence-corrected chi connectivity index (χ0v) is 19.8. The Balaban J connectivity index is 1.58. The lowest BCUT2D eigenvalue weighted by atomic mass is 10.2. The van der Waals surface area contributed by atoms with E-state index >= 15 is 0 Å². The van der Waals surface area contributed by atoms with Gasteiger partial charge in [-0.25, -0.2) is 9.67 Å². The summed E-state index contributed by atoms with van der Waals surface area (Å²) in [6, 6.07) is 20.7. The zero-order valence-electron chi connectivity index (χ0n) is 19.8. The zero-order chi connectivity index (χ0) is 25.1. The number of anilines is 2. The van der Waals surface area contributed by atoms with Crippen molar-refractivity contribution in [3.8, 4) is 17.2 Å². The van der Waals surface area contributed by atoms with Crippen LogP contribution in [0, 0.1) is 6.92 Å². The molecule has 0 bridgehead atoms. The van der Waals surface area contributed by atoms with E-state index in [1.807, 2.05) is 55.5 Å². The predicted molar refractivity (Wildman–Crippen MR) is 137 cm³/mol. The van der Waals surface area contributed by atoms with Crippen molar-refractivity contribution in [2.75, 3.05) is 12.4 Å². The first-order chi connectivity index (χ1) is 17.5. The van der Waals surface area contributed by atoms with Crippen molar-refractivity contribution in [1.29, 1.82) is 0 Å². The van der Waals surface area contributed by atoms with Crippen molar-refractivity contribution in [3.63, 3.8) is 0 Å². The minimum Gasteiger partial charge on any atom is -0.497 e. The predicted octanol–water partition coefficient (Wildman–Crippen LogP) is 4.83. The molecule has 0 fully saturated rings. The molecule has 3 heterocycles. The summed E-state index contributed by atoms with van der Waals surface area (Å²) in [5.74, 6) is 1.98. The summed E-state index contributed by atoms with van der Waals surface area (Å²) in [6.45, 7) is 2.50. The lowest BCUT2D eigenvalue weighted by molar-refractivity contribution is 0.0995. The lowest BCUT2D eigenvalue weighted by Crippen LogP contribution is -2.13. The van der Waals surface area contributed by atoms with Crippen LogP contribution in [0.4, 0.5) is 11.5 Å². The number of fused-ring (bicyclic) bond motifs is 1. The van der Waals surface area contributed by atoms with Crippen LogP contribution in [0.2, 0.25) is 0 Å². The number of rotatable bonds is 8. The van der Waals surface area contributed by atoms with Crippen LogP contribution in [-0.2, 0) is 6.54 Å². The molecule has 1 amide bonds. The minimum absolute atomic E-state index is 0.149. The van der Waals surface area contributed by atoms with Gasteiger partial charge in [0, 0.05) is 24.1 Å². The first kappa shape index (κ1) is 22.9. The largest absolute Gasteiger partial charge is 0.497 e. The molecule has 5 rings (SSSR count). The summed E-state index contributed by atoms with van der Waals surface area (Å²) >= 11 is 0. The number of aryl methyl sites for hydroxylation is 1. The molecule has 9 nitrogen and oxygen atoms in total. The van der Waals surface area contributed by atoms with Gasteiger partial charge in [-0.2, -0.15) is 5.10 Å². The number of pyridine rings is 2. The summed E-state index contributed by atoms with van der Waals surface area (Å²) in [7, 11) is 1.64. The normalized spacial score (nSPS) is 10.8. The molecule has 36 heavy (non-hydrogen) atoms. The van der Waals surface area contributed by atoms with E-state index in [-0.39, 0.29) is 5.69 Å². The maximum absolute atomic E-state index is 11.6. The standard InChI is InChI=1S/C27H24N6O3/c1-17-3-7-21(8-4-17)36-23-12-14-30-27-24(23)26(31-19-11-13-29-22(15-19)25(28)34)32-33(27)16-18-5-9-20(35-2)10-6-18/h3-15H,16H2,1-2H3,(H2,28,34)(H,29,31,32). The molecule has 0 radical (unpaired) electrons. The van der Waals surface area contributed by atoms with Gasteiger partial charge in [0.15, 0.2) is 11.5 Å². The van der Waals surface area contributed by atoms with E-state index < -0.39 is 5.91 Å². The Morgan fingerprint density at radius 2 is 1.69 bits per heavy atom. The van der Waals surface area contributed by atoms with E-state index in [9.17, 15) is 4.79 Å². The quantitative estimate of drug-likeness (QED) is 0.327. The Morgan fingerprint density at radius 1 is 0.972 bits per heavy atom. The Labute approximate surface area is 207 Å². The second-order valence-electron chi connectivity index (χ2n) is 8.20. The number of hydrogen-bond acceptors (Lipinski definition) is 7. The van der Waals surface area contributed by atoms with Crippen LogP contribution in [-0.4, -0.2) is 32.8 Å². The summed E-state index contributed by atoms with van der Waals surface area (Å²) in [5, 5.41) is 8.79. The number of benzene rings is 2. The van der Waals surface area contributed by atoms with Crippen LogP contribution >= 0.6 is 0 Å². The van der Waals surface area contributed by atoms with Gasteiger partial charge in [0.05, 0.1) is 13.7 Å². The third-order valence-corrected chi connectivity index (χ3v) is 5.61. The molecule has 5 aromatic rings. The van der Waals surface area contributed by atoms with Crippen LogP contribution in [0.15, 0.2) is 79.1 Å². The molecule has 2 aromatic carbocycles. The van der Waals surface area contributed by atoms with E-state index in [0.717, 1.165) is 16.9 Å². The van der Waals surface area contributed by atoms with Crippen molar-refractivity contribution < 1.29 is 14.3 Å². The average molecular weight is 481 g/mol. The topological polar surface area (TPSA) is 117 Å². The van der Waals surface area contributed by atoms with Crippen LogP contribution in [0.5, 0.6) is 17.2 Å². The van der Waals surface area contributed by atoms with E-state index in [1.165, 1.54) is 6.20 Å². The highest BCUT2D eigenvalue weighted by molar-refractivity contribution is 5.96. The number of nitrogens with zero attached hydrogens (tertiary/aromatic N) is 4. The van der Waals surface area contributed by atoms with Gasteiger partial charge in [0.1, 0.15) is 28.3 Å². The summed E-state index contributed by atoms with van der Waals surface area (Å²) in [4.78, 5) is 20.2. The fraction of sp³-hybridized carbons (Fsp3) is 0.111. The summed E-state index contributed by atoms with van der Waals surface area (Å²) in [5.41, 5.74) is 8.98. The summed E-state index contributed by atoms with van der Waals surface area (Å²) < 4.78 is 13.3. The number of primary amides is 1. The van der Waals surface area contributed by atoms with Crippen molar-refractivity contribution >= 4 is 28.4 Å². The number of methoxy groups -OCH3 is 1. The molecule has 0 atom stereocenters. The number of nitrogens with two attached hydrogens (primary N) is 1. The second-order valence-corrected chi connectivity index (χ2v) is 8.20. The third kappa shape index (κ3) is 4.80. The number of amides is 1. The molecule has 0 unspecified atom stereocenters. The molecule has 3 aromatic heterocycles. The van der Waals surface area contributed by atoms with Crippen LogP contribution in [0.3, 0.4) is 0 Å². The third-order valence-electron chi connectivity index (χ3n) is 5.61. The van der Waals surface area contributed by atoms with Gasteiger partial charge in [-0.05, 0) is 48.9 Å². The number of nitrogens with one attached hydrogen (secondary N) is 1. The van der Waals surface area contributed by atoms with Crippen molar-refractivity contribution in [3.05, 3.63) is 95.9 Å². The van der Waals surface area contributed by atoms with Crippen molar-refractivity contribution in [2.45, 2.75) is 13.5 Å². The SMILES string of the molecule is COc1ccc(Cn2nc(Nc3ccnc(C(N)=O)c3)c3c(Oc4ccc(C)cc4)ccnc32)cc1. The summed E-state index contributed by atoms with van der Waals surface area (Å²) in [6.07, 6.45) is 3.21. The van der Waals surface area contributed by atoms with Crippen LogP contribution in [0.25, 0.3) is 11.0 Å². The smallest absolute Gasteiger partial charge is 0.267 e. The van der Waals surface area contributed by atoms with Crippen molar-refractivity contribution in [1.82, 2.24) is 19.7 Å². The Morgan fingerprint density at radius 3 is 2.42 bits per heavy atom. The lowest BCUT2D eigenvalue weighted by Gasteiger charge is -2.09. The average Bonchev–Trinajstić information content (AvgIpc) is 3.23. The molecule has 3 N–H and O–H groups in total. The van der Waals surface area contributed by atoms with Gasteiger partial charge in [-0.15, -0.1) is 0 Å². The molecule has 0 spiro atoms. The van der Waals surface area contributed by atoms with Crippen LogP contribution in [0.1, 0.15) is 21.6 Å². The Kier molecular flexibility index (Phi) is 6.19. The number of hydrogen-bond donors (Lipinski definition) is 2. The number of carbonyl (C=O) groups is 1. The molecule has 180 valence electrons. The molecular weight excluding hydrogens is 456 g/mol. The number of aromatic nitrogens is 4. The first-order valence-electron chi connectivity index (χ1n) is 11.3. The van der Waals surface area contributed by atoms with E-state index in [2.05, 4.69) is 15.3 Å². The highest BCUT2D eigenvalue weighted by atomic mass is 16.5. The maximum atomic E-state index is 11.6. The van der Waals surface area contributed by atoms with E-state index in [4.69, 9.17) is 20.3 Å². The minimum atomic E-state index is -0.612. The van der Waals surface area contributed by atoms with Gasteiger partial charge in [-0.1, -0.05) is 29.8 Å². The fourth-order valence-corrected chi connectivity index (χ4v) is 3.77. The molecule has 0 aliphatic carbocycles. The molecule has 9 heteroatoms. The van der Waals surface area contributed by atoms with Gasteiger partial charge < -0.3 is 20.5 Å². The molecule has 0 saturated heterocycles. The van der Waals surface area contributed by atoms with Gasteiger partial charge in [0.25, 0.3) is 5.91 Å². The number of carbonyl (C=O) groups excluding carboxylic acids is 1. The Hall–Kier alpha value is -4.92. The van der Waals surface area contributed by atoms with Gasteiger partial charge in [-0.3, -0.25) is 9.78 Å². The van der Waals surface area contributed by atoms with E-state index in [0.29, 0.717) is 40.6 Å². The molecule has 0 aliphatic rings. The van der Waals surface area contributed by atoms with E-state index in [1.54, 1.807) is 36.2 Å². The highest BCUT2D eigenvalue weighted by Crippen LogP contribution is 2.35. The number of ether oxygens (including phenoxy) is 2. The fourth-order valence-electron chi connectivity index (χ4n) is 3.77. The van der Waals surface area contributed by atoms with Gasteiger partial charge in [0.2, 0.25) is 0 Å². The first-order valence-corrected chi connectivity index (χ1v) is 11.3. The second kappa shape index (κ2) is 9.75. The van der Waals surface area contributed by atoms with Gasteiger partial charge >= 0.3 is 0 Å². The monoisotopic (exact) mass is 480 g/mol. The van der Waals surface area contributed by atoms with Crippen molar-refractivity contribution in [2.24, 2.45) is 5.73 Å². The highest BCUT2D eigenvalue weighted by Gasteiger charge is 2.18.